The molecule has 0 bridgehead atoms. The molecule has 144 valence electrons. The van der Waals surface area contributed by atoms with Gasteiger partial charge in [-0.15, -0.1) is 0 Å². The summed E-state index contributed by atoms with van der Waals surface area (Å²) in [6.07, 6.45) is 2.03. The van der Waals surface area contributed by atoms with Gasteiger partial charge in [0.15, 0.2) is 0 Å². The molecule has 2 aromatic carbocycles. The lowest BCUT2D eigenvalue weighted by atomic mass is 10.0. The van der Waals surface area contributed by atoms with E-state index in [4.69, 9.17) is 9.47 Å². The Bertz CT molecular complexity index is 924. The molecule has 2 amide bonds. The van der Waals surface area contributed by atoms with Crippen LogP contribution in [0.5, 0.6) is 11.5 Å². The van der Waals surface area contributed by atoms with Crippen molar-refractivity contribution in [3.05, 3.63) is 59.8 Å². The van der Waals surface area contributed by atoms with Crippen LogP contribution in [0.4, 0.5) is 5.69 Å². The lowest BCUT2D eigenvalue weighted by Gasteiger charge is -2.21. The van der Waals surface area contributed by atoms with E-state index in [1.54, 1.807) is 18.2 Å². The number of carbonyl (C=O) groups excluding carboxylic acids is 2. The number of methoxy groups -OCH3 is 2. The van der Waals surface area contributed by atoms with Gasteiger partial charge < -0.3 is 14.4 Å². The van der Waals surface area contributed by atoms with E-state index < -0.39 is 0 Å². The van der Waals surface area contributed by atoms with Crippen LogP contribution in [0, 0.1) is 0 Å². The van der Waals surface area contributed by atoms with E-state index in [1.807, 2.05) is 35.2 Å². The number of likely N-dealkylation sites (tertiary alicyclic amines) is 1. The largest absolute Gasteiger partial charge is 0.497 e. The summed E-state index contributed by atoms with van der Waals surface area (Å²) in [5, 5.41) is 0. The number of rotatable bonds is 5. The average molecular weight is 378 g/mol. The number of amides is 2. The van der Waals surface area contributed by atoms with Crippen molar-refractivity contribution in [2.75, 3.05) is 32.2 Å². The molecular formula is C22H22N2O4. The fourth-order valence-electron chi connectivity index (χ4n) is 3.77. The molecule has 6 nitrogen and oxygen atoms in total. The highest BCUT2D eigenvalue weighted by atomic mass is 16.5. The molecule has 1 fully saturated rings. The van der Waals surface area contributed by atoms with Crippen LogP contribution in [0.3, 0.4) is 0 Å². The number of benzene rings is 2. The lowest BCUT2D eigenvalue weighted by Crippen LogP contribution is -2.34. The van der Waals surface area contributed by atoms with Crippen LogP contribution in [-0.4, -0.2) is 44.0 Å². The van der Waals surface area contributed by atoms with Gasteiger partial charge in [0.2, 0.25) is 0 Å². The van der Waals surface area contributed by atoms with Crippen LogP contribution >= 0.6 is 0 Å². The minimum Gasteiger partial charge on any atom is -0.497 e. The Morgan fingerprint density at radius 3 is 2.00 bits per heavy atom. The lowest BCUT2D eigenvalue weighted by molar-refractivity contribution is -0.120. The first-order valence-electron chi connectivity index (χ1n) is 9.30. The second-order valence-corrected chi connectivity index (χ2v) is 6.80. The van der Waals surface area contributed by atoms with Crippen LogP contribution in [0.15, 0.2) is 54.2 Å². The van der Waals surface area contributed by atoms with Crippen LogP contribution in [0.1, 0.15) is 18.4 Å². The summed E-state index contributed by atoms with van der Waals surface area (Å²) in [6.45, 7) is 1.56. The first-order chi connectivity index (χ1) is 13.6. The molecule has 0 aliphatic carbocycles. The minimum absolute atomic E-state index is 0.305. The van der Waals surface area contributed by atoms with Crippen LogP contribution < -0.4 is 14.4 Å². The Hall–Kier alpha value is -3.28. The van der Waals surface area contributed by atoms with Crippen molar-refractivity contribution in [1.29, 1.82) is 0 Å². The molecule has 4 rings (SSSR count). The van der Waals surface area contributed by atoms with Crippen molar-refractivity contribution < 1.29 is 19.1 Å². The van der Waals surface area contributed by atoms with Gasteiger partial charge in [-0.3, -0.25) is 9.59 Å². The first-order valence-corrected chi connectivity index (χ1v) is 9.30. The van der Waals surface area contributed by atoms with E-state index >= 15 is 0 Å². The smallest absolute Gasteiger partial charge is 0.282 e. The van der Waals surface area contributed by atoms with E-state index in [0.717, 1.165) is 31.5 Å². The molecule has 6 heteroatoms. The average Bonchev–Trinajstić information content (AvgIpc) is 3.34. The molecule has 0 N–H and O–H groups in total. The molecular weight excluding hydrogens is 356 g/mol. The highest BCUT2D eigenvalue weighted by molar-refractivity contribution is 6.45. The van der Waals surface area contributed by atoms with Gasteiger partial charge in [-0.2, -0.15) is 0 Å². The zero-order valence-corrected chi connectivity index (χ0v) is 16.0. The molecule has 28 heavy (non-hydrogen) atoms. The Morgan fingerprint density at radius 2 is 1.43 bits per heavy atom. The molecule has 0 unspecified atom stereocenters. The van der Waals surface area contributed by atoms with E-state index in [1.165, 1.54) is 19.1 Å². The molecule has 2 aromatic rings. The zero-order valence-electron chi connectivity index (χ0n) is 16.0. The van der Waals surface area contributed by atoms with Gasteiger partial charge in [-0.05, 0) is 18.4 Å². The van der Waals surface area contributed by atoms with Crippen molar-refractivity contribution in [3.8, 4) is 11.5 Å². The summed E-state index contributed by atoms with van der Waals surface area (Å²) in [7, 11) is 3.07. The van der Waals surface area contributed by atoms with E-state index in [9.17, 15) is 9.59 Å². The summed E-state index contributed by atoms with van der Waals surface area (Å²) < 4.78 is 10.6. The summed E-state index contributed by atoms with van der Waals surface area (Å²) in [5.41, 5.74) is 2.12. The molecule has 0 spiro atoms. The zero-order chi connectivity index (χ0) is 19.7. The second kappa shape index (κ2) is 7.38. The van der Waals surface area contributed by atoms with Crippen molar-refractivity contribution >= 4 is 23.1 Å². The fraction of sp³-hybridized carbons (Fsp3) is 0.273. The van der Waals surface area contributed by atoms with Gasteiger partial charge >= 0.3 is 0 Å². The molecule has 0 radical (unpaired) electrons. The van der Waals surface area contributed by atoms with Gasteiger partial charge in [0.1, 0.15) is 17.2 Å². The first kappa shape index (κ1) is 18.1. The monoisotopic (exact) mass is 378 g/mol. The number of nitrogens with zero attached hydrogens (tertiary/aromatic N) is 2. The van der Waals surface area contributed by atoms with E-state index in [2.05, 4.69) is 0 Å². The highest BCUT2D eigenvalue weighted by Crippen LogP contribution is 2.38. The Kier molecular flexibility index (Phi) is 4.77. The number of imide groups is 1. The van der Waals surface area contributed by atoms with Gasteiger partial charge in [0.25, 0.3) is 11.8 Å². The van der Waals surface area contributed by atoms with Crippen LogP contribution in [0.2, 0.25) is 0 Å². The van der Waals surface area contributed by atoms with Gasteiger partial charge in [-0.1, -0.05) is 30.3 Å². The molecule has 1 saturated heterocycles. The molecule has 0 saturated carbocycles. The molecule has 0 aromatic heterocycles. The van der Waals surface area contributed by atoms with Crippen molar-refractivity contribution in [2.24, 2.45) is 0 Å². The maximum Gasteiger partial charge on any atom is 0.282 e. The Balaban J connectivity index is 1.83. The molecule has 0 atom stereocenters. The maximum absolute atomic E-state index is 13.4. The van der Waals surface area contributed by atoms with Crippen LogP contribution in [-0.2, 0) is 9.59 Å². The summed E-state index contributed by atoms with van der Waals surface area (Å²) in [4.78, 5) is 30.1. The molecule has 2 heterocycles. The number of hydrogen-bond donors (Lipinski definition) is 0. The standard InChI is InChI=1S/C22H22N2O4/c1-27-17-12-16(13-18(14-17)28-2)24-21(25)19(15-8-4-3-5-9-15)20(22(24)26)23-10-6-7-11-23/h3-5,8-9,12-14H,6-7,10-11H2,1-2H3. The number of ether oxygens (including phenoxy) is 2. The maximum atomic E-state index is 13.4. The quantitative estimate of drug-likeness (QED) is 0.749. The van der Waals surface area contributed by atoms with Crippen molar-refractivity contribution in [1.82, 2.24) is 4.90 Å². The number of hydrogen-bond acceptors (Lipinski definition) is 5. The third-order valence-corrected chi connectivity index (χ3v) is 5.14. The molecule has 2 aliphatic rings. The number of carbonyl (C=O) groups is 2. The normalized spacial score (nSPS) is 16.9. The van der Waals surface area contributed by atoms with Gasteiger partial charge in [0, 0.05) is 31.3 Å². The SMILES string of the molecule is COc1cc(OC)cc(N2C(=O)C(c3ccccc3)=C(N3CCCC3)C2=O)c1. The van der Waals surface area contributed by atoms with Crippen molar-refractivity contribution in [2.45, 2.75) is 12.8 Å². The topological polar surface area (TPSA) is 59.1 Å². The van der Waals surface area contributed by atoms with Crippen LogP contribution in [0.25, 0.3) is 5.57 Å². The van der Waals surface area contributed by atoms with Gasteiger partial charge in [0.05, 0.1) is 25.5 Å². The fourth-order valence-corrected chi connectivity index (χ4v) is 3.77. The van der Waals surface area contributed by atoms with E-state index in [0.29, 0.717) is 28.5 Å². The third kappa shape index (κ3) is 3.01. The highest BCUT2D eigenvalue weighted by Gasteiger charge is 2.43. The van der Waals surface area contributed by atoms with E-state index in [-0.39, 0.29) is 11.8 Å². The van der Waals surface area contributed by atoms with Crippen molar-refractivity contribution in [3.63, 3.8) is 0 Å². The summed E-state index contributed by atoms with van der Waals surface area (Å²) in [5.74, 6) is 0.408. The third-order valence-electron chi connectivity index (χ3n) is 5.14. The minimum atomic E-state index is -0.326. The predicted molar refractivity (Wildman–Crippen MR) is 106 cm³/mol. The van der Waals surface area contributed by atoms with Gasteiger partial charge in [-0.25, -0.2) is 4.90 Å². The summed E-state index contributed by atoms with van der Waals surface area (Å²) in [6, 6.07) is 14.4. The molecule has 2 aliphatic heterocycles. The summed E-state index contributed by atoms with van der Waals surface area (Å²) >= 11 is 0. The Labute approximate surface area is 164 Å². The predicted octanol–water partition coefficient (Wildman–Crippen LogP) is 3.08. The number of anilines is 1. The Morgan fingerprint density at radius 1 is 0.821 bits per heavy atom. The second-order valence-electron chi connectivity index (χ2n) is 6.80.